The summed E-state index contributed by atoms with van der Waals surface area (Å²) in [6.07, 6.45) is 18.2. The Labute approximate surface area is 605 Å². The van der Waals surface area contributed by atoms with E-state index in [0.717, 1.165) is 116 Å². The first-order valence-electron chi connectivity index (χ1n) is 40.0. The Kier molecular flexibility index (Phi) is 53.2. The number of carbonyl (C=O) groups excluding carboxylic acids is 3. The molecule has 2 heterocycles. The molecule has 0 spiro atoms. The molecule has 2 aliphatic heterocycles. The van der Waals surface area contributed by atoms with Crippen LogP contribution in [0.4, 0.5) is 0 Å². The Hall–Kier alpha value is -2.30. The van der Waals surface area contributed by atoms with Crippen molar-refractivity contribution in [1.29, 1.82) is 0 Å². The lowest BCUT2D eigenvalue weighted by Crippen LogP contribution is -2.69. The SMILES string of the molecule is CCCCCC/C=C\CCCCCCCCCC(=O)OCC(COP(=O)(O)OC1C(OC2OC(CO)C(O)C(O)C2O)C(O)C(O)C(O)C1OC1OC(COC(=O)CCCCCCCCCCCCCCCCCCC)C(O)C(O)C1O)OC(=O)CCCCCCCCCCCCCCCC. The van der Waals surface area contributed by atoms with E-state index in [9.17, 15) is 74.9 Å². The summed E-state index contributed by atoms with van der Waals surface area (Å²) in [5.74, 6) is -1.98. The molecule has 3 aliphatic rings. The molecule has 18 unspecified atom stereocenters. The zero-order valence-corrected chi connectivity index (χ0v) is 63.1. The molecule has 0 aromatic heterocycles. The molecule has 0 amide bonds. The summed E-state index contributed by atoms with van der Waals surface area (Å²) >= 11 is 0. The van der Waals surface area contributed by atoms with Gasteiger partial charge in [-0.1, -0.05) is 270 Å². The third kappa shape index (κ3) is 40.5. The predicted octanol–water partition coefficient (Wildman–Crippen LogP) is 11.9. The molecular formula is C76H141O24P. The van der Waals surface area contributed by atoms with E-state index in [1.54, 1.807) is 0 Å². The molecule has 594 valence electrons. The van der Waals surface area contributed by atoms with Gasteiger partial charge in [0.25, 0.3) is 0 Å². The number of rotatable bonds is 63. The molecule has 3 rings (SSSR count). The molecule has 101 heavy (non-hydrogen) atoms. The normalized spacial score (nSPS) is 27.2. The van der Waals surface area contributed by atoms with Gasteiger partial charge in [-0.15, -0.1) is 0 Å². The molecule has 0 aromatic rings. The van der Waals surface area contributed by atoms with Crippen molar-refractivity contribution < 1.29 is 117 Å². The molecule has 11 N–H and O–H groups in total. The number of allylic oxidation sites excluding steroid dienone is 2. The van der Waals surface area contributed by atoms with Crippen LogP contribution in [0.15, 0.2) is 12.2 Å². The van der Waals surface area contributed by atoms with Gasteiger partial charge in [0.1, 0.15) is 98.7 Å². The monoisotopic (exact) mass is 1470 g/mol. The molecule has 2 saturated heterocycles. The summed E-state index contributed by atoms with van der Waals surface area (Å²) < 4.78 is 65.2. The topological polar surface area (TPSA) is 374 Å². The van der Waals surface area contributed by atoms with Gasteiger partial charge in [0, 0.05) is 19.3 Å². The quantitative estimate of drug-likeness (QED) is 0.00886. The van der Waals surface area contributed by atoms with Crippen LogP contribution in [0, 0.1) is 0 Å². The first kappa shape index (κ1) is 92.9. The summed E-state index contributed by atoms with van der Waals surface area (Å²) in [5.41, 5.74) is 0. The lowest BCUT2D eigenvalue weighted by molar-refractivity contribution is -0.360. The maximum absolute atomic E-state index is 14.4. The van der Waals surface area contributed by atoms with Crippen LogP contribution in [-0.4, -0.2) is 204 Å². The van der Waals surface area contributed by atoms with Crippen molar-refractivity contribution in [1.82, 2.24) is 0 Å². The second-order valence-electron chi connectivity index (χ2n) is 28.8. The van der Waals surface area contributed by atoms with Crippen LogP contribution < -0.4 is 0 Å². The van der Waals surface area contributed by atoms with Crippen molar-refractivity contribution >= 4 is 25.7 Å². The number of unbranched alkanes of at least 4 members (excludes halogenated alkanes) is 40. The summed E-state index contributed by atoms with van der Waals surface area (Å²) in [6, 6.07) is 0. The minimum atomic E-state index is -5.70. The van der Waals surface area contributed by atoms with Crippen LogP contribution >= 0.6 is 7.82 Å². The van der Waals surface area contributed by atoms with Crippen molar-refractivity contribution in [2.45, 2.75) is 427 Å². The van der Waals surface area contributed by atoms with Gasteiger partial charge in [0.05, 0.1) is 13.2 Å². The molecule has 1 saturated carbocycles. The first-order chi connectivity index (χ1) is 48.8. The number of phosphoric ester groups is 1. The largest absolute Gasteiger partial charge is 0.472 e. The highest BCUT2D eigenvalue weighted by Gasteiger charge is 2.58. The first-order valence-corrected chi connectivity index (χ1v) is 41.5. The summed E-state index contributed by atoms with van der Waals surface area (Å²) in [6.45, 7) is 3.47. The van der Waals surface area contributed by atoms with Crippen LogP contribution in [-0.2, 0) is 61.2 Å². The predicted molar refractivity (Wildman–Crippen MR) is 384 cm³/mol. The van der Waals surface area contributed by atoms with Crippen LogP contribution in [0.3, 0.4) is 0 Å². The summed E-state index contributed by atoms with van der Waals surface area (Å²) in [4.78, 5) is 51.1. The summed E-state index contributed by atoms with van der Waals surface area (Å²) in [7, 11) is -5.70. The molecule has 3 fully saturated rings. The number of carbonyl (C=O) groups is 3. The van der Waals surface area contributed by atoms with Crippen molar-refractivity contribution in [3.63, 3.8) is 0 Å². The van der Waals surface area contributed by atoms with E-state index >= 15 is 0 Å². The number of aliphatic hydroxyl groups is 10. The fraction of sp³-hybridized carbons (Fsp3) is 0.934. The number of hydrogen-bond acceptors (Lipinski definition) is 23. The van der Waals surface area contributed by atoms with E-state index in [4.69, 9.17) is 42.2 Å². The van der Waals surface area contributed by atoms with Gasteiger partial charge in [-0.3, -0.25) is 23.4 Å². The van der Waals surface area contributed by atoms with Crippen molar-refractivity contribution in [3.8, 4) is 0 Å². The molecular weight excluding hydrogens is 1330 g/mol. The molecule has 24 nitrogen and oxygen atoms in total. The number of aliphatic hydroxyl groups excluding tert-OH is 10. The molecule has 18 atom stereocenters. The zero-order chi connectivity index (χ0) is 73.9. The van der Waals surface area contributed by atoms with Crippen LogP contribution in [0.2, 0.25) is 0 Å². The van der Waals surface area contributed by atoms with Crippen molar-refractivity contribution in [3.05, 3.63) is 12.2 Å². The standard InChI is InChI=1S/C76H141O24P/c1-4-7-10-13-16-19-22-25-28-29-31-34-36-39-42-45-48-51-61(79)93-56-59-64(82)66(84)71(89)76(97-59)99-73-69(87)67(85)68(86)72(98-75-70(88)65(83)63(81)58(53-77)96-75)74(73)100-101(90,91)94-55-57(95-62(80)52-49-46-43-40-37-32-27-24-21-18-15-12-9-6-3)54-92-60(78)50-47-44-41-38-35-33-30-26-23-20-17-14-11-8-5-2/h20,23,57-59,63-77,81-89H,4-19,21-22,24-56H2,1-3H3,(H,90,91)/b23-20-. The highest BCUT2D eigenvalue weighted by Crippen LogP contribution is 2.49. The zero-order valence-electron chi connectivity index (χ0n) is 62.2. The minimum Gasteiger partial charge on any atom is -0.463 e. The Bertz CT molecular complexity index is 2130. The van der Waals surface area contributed by atoms with E-state index in [1.807, 2.05) is 0 Å². The third-order valence-electron chi connectivity index (χ3n) is 19.8. The second-order valence-corrected chi connectivity index (χ2v) is 30.2. The Morgan fingerprint density at radius 3 is 1.08 bits per heavy atom. The number of esters is 3. The van der Waals surface area contributed by atoms with E-state index in [0.29, 0.717) is 19.3 Å². The van der Waals surface area contributed by atoms with Gasteiger partial charge in [0.2, 0.25) is 0 Å². The van der Waals surface area contributed by atoms with Gasteiger partial charge < -0.3 is 89.1 Å². The van der Waals surface area contributed by atoms with Crippen molar-refractivity contribution in [2.24, 2.45) is 0 Å². The third-order valence-corrected chi connectivity index (χ3v) is 20.8. The maximum Gasteiger partial charge on any atom is 0.472 e. The Morgan fingerprint density at radius 2 is 0.693 bits per heavy atom. The minimum absolute atomic E-state index is 0.0331. The fourth-order valence-corrected chi connectivity index (χ4v) is 14.2. The van der Waals surface area contributed by atoms with Gasteiger partial charge in [0.15, 0.2) is 18.7 Å². The molecule has 1 aliphatic carbocycles. The molecule has 0 radical (unpaired) electrons. The second kappa shape index (κ2) is 57.8. The highest BCUT2D eigenvalue weighted by atomic mass is 31.2. The van der Waals surface area contributed by atoms with Crippen LogP contribution in [0.5, 0.6) is 0 Å². The fourth-order valence-electron chi connectivity index (χ4n) is 13.3. The number of ether oxygens (including phenoxy) is 7. The molecule has 25 heteroatoms. The molecule has 0 bridgehead atoms. The van der Waals surface area contributed by atoms with Crippen LogP contribution in [0.1, 0.15) is 323 Å². The lowest BCUT2D eigenvalue weighted by atomic mass is 9.84. The molecule has 0 aromatic carbocycles. The van der Waals surface area contributed by atoms with E-state index in [2.05, 4.69) is 32.9 Å². The van der Waals surface area contributed by atoms with Gasteiger partial charge in [-0.2, -0.15) is 0 Å². The van der Waals surface area contributed by atoms with E-state index in [-0.39, 0.29) is 19.3 Å². The average molecular weight is 1470 g/mol. The van der Waals surface area contributed by atoms with Crippen LogP contribution in [0.25, 0.3) is 0 Å². The van der Waals surface area contributed by atoms with E-state index < -0.39 is 156 Å². The number of hydrogen-bond donors (Lipinski definition) is 11. The Balaban J connectivity index is 1.70. The van der Waals surface area contributed by atoms with Crippen molar-refractivity contribution in [2.75, 3.05) is 26.4 Å². The Morgan fingerprint density at radius 1 is 0.376 bits per heavy atom. The highest BCUT2D eigenvalue weighted by molar-refractivity contribution is 7.47. The maximum atomic E-state index is 14.4. The van der Waals surface area contributed by atoms with E-state index in [1.165, 1.54) is 148 Å². The smallest absolute Gasteiger partial charge is 0.463 e. The summed E-state index contributed by atoms with van der Waals surface area (Å²) in [5, 5.41) is 110. The average Bonchev–Trinajstić information content (AvgIpc) is 0.765. The number of phosphoric acid groups is 1. The lowest BCUT2D eigenvalue weighted by Gasteiger charge is -2.49. The van der Waals surface area contributed by atoms with Gasteiger partial charge in [-0.05, 0) is 44.9 Å². The van der Waals surface area contributed by atoms with Gasteiger partial charge >= 0.3 is 25.7 Å². The van der Waals surface area contributed by atoms with Gasteiger partial charge in [-0.25, -0.2) is 4.57 Å².